The number of pyridine rings is 1. The minimum Gasteiger partial charge on any atom is -0.503 e. The number of nitrogens with one attached hydrogen (secondary N) is 2. The predicted octanol–water partition coefficient (Wildman–Crippen LogP) is 0.219. The zero-order valence-corrected chi connectivity index (χ0v) is 16.1. The number of carbonyl (C=O) groups is 3. The van der Waals surface area contributed by atoms with Crippen molar-refractivity contribution in [3.8, 4) is 5.75 Å². The Morgan fingerprint density at radius 2 is 1.83 bits per heavy atom. The number of hydrogen-bond donors (Lipinski definition) is 3. The van der Waals surface area contributed by atoms with E-state index < -0.39 is 40.7 Å². The Hall–Kier alpha value is -3.66. The monoisotopic (exact) mass is 412 g/mol. The van der Waals surface area contributed by atoms with Crippen LogP contribution in [0.5, 0.6) is 5.75 Å². The molecule has 2 atom stereocenters. The van der Waals surface area contributed by atoms with Crippen LogP contribution in [0.15, 0.2) is 41.3 Å². The highest BCUT2D eigenvalue weighted by Crippen LogP contribution is 2.29. The Bertz CT molecular complexity index is 1080. The van der Waals surface area contributed by atoms with Gasteiger partial charge in [-0.3, -0.25) is 30.0 Å². The molecule has 1 fully saturated rings. The third-order valence-electron chi connectivity index (χ3n) is 5.25. The van der Waals surface area contributed by atoms with Crippen LogP contribution in [-0.4, -0.2) is 51.2 Å². The molecule has 0 spiro atoms. The van der Waals surface area contributed by atoms with Crippen molar-refractivity contribution in [2.45, 2.75) is 32.2 Å². The molecule has 4 rings (SSSR count). The molecule has 1 unspecified atom stereocenters. The van der Waals surface area contributed by atoms with E-state index >= 15 is 0 Å². The molecular formula is C20H20N4O6. The van der Waals surface area contributed by atoms with E-state index in [4.69, 9.17) is 4.74 Å². The topological polar surface area (TPSA) is 130 Å². The fourth-order valence-electron chi connectivity index (χ4n) is 3.66. The van der Waals surface area contributed by atoms with Crippen LogP contribution in [0.1, 0.15) is 44.5 Å². The number of benzene rings is 1. The minimum atomic E-state index is -0.995. The average Bonchev–Trinajstić information content (AvgIpc) is 2.74. The van der Waals surface area contributed by atoms with E-state index in [0.29, 0.717) is 18.6 Å². The lowest BCUT2D eigenvalue weighted by Crippen LogP contribution is -2.57. The lowest BCUT2D eigenvalue weighted by Gasteiger charge is -2.44. The van der Waals surface area contributed by atoms with Crippen molar-refractivity contribution in [3.05, 3.63) is 63.6 Å². The first kappa shape index (κ1) is 19.6. The summed E-state index contributed by atoms with van der Waals surface area (Å²) in [5.74, 6) is -2.82. The van der Waals surface area contributed by atoms with E-state index in [1.54, 1.807) is 30.3 Å². The predicted molar refractivity (Wildman–Crippen MR) is 104 cm³/mol. The van der Waals surface area contributed by atoms with Gasteiger partial charge in [0.2, 0.25) is 5.43 Å². The summed E-state index contributed by atoms with van der Waals surface area (Å²) in [5, 5.41) is 10.4. The number of amides is 3. The maximum atomic E-state index is 12.9. The molecule has 1 saturated heterocycles. The van der Waals surface area contributed by atoms with E-state index in [1.807, 2.05) is 6.92 Å². The number of aromatic hydroxyl groups is 1. The average molecular weight is 412 g/mol. The molecule has 0 aliphatic carbocycles. The maximum Gasteiger partial charge on any atom is 0.276 e. The number of rotatable bonds is 2. The molecule has 156 valence electrons. The van der Waals surface area contributed by atoms with E-state index in [-0.39, 0.29) is 18.3 Å². The van der Waals surface area contributed by atoms with Crippen molar-refractivity contribution >= 4 is 17.7 Å². The molecule has 3 amide bonds. The molecule has 0 saturated carbocycles. The molecule has 1 aromatic heterocycles. The second-order valence-electron chi connectivity index (χ2n) is 7.17. The van der Waals surface area contributed by atoms with Gasteiger partial charge in [-0.05, 0) is 25.5 Å². The largest absolute Gasteiger partial charge is 0.503 e. The molecule has 1 aromatic carbocycles. The van der Waals surface area contributed by atoms with Gasteiger partial charge in [-0.2, -0.15) is 0 Å². The Labute approximate surface area is 171 Å². The summed E-state index contributed by atoms with van der Waals surface area (Å²) in [7, 11) is 0. The van der Waals surface area contributed by atoms with Crippen LogP contribution in [0, 0.1) is 0 Å². The highest BCUT2D eigenvalue weighted by Gasteiger charge is 2.41. The second-order valence-corrected chi connectivity index (χ2v) is 7.17. The first-order valence-electron chi connectivity index (χ1n) is 9.45. The van der Waals surface area contributed by atoms with Gasteiger partial charge in [0.25, 0.3) is 17.7 Å². The first-order valence-corrected chi connectivity index (χ1v) is 9.45. The number of aromatic nitrogens is 1. The highest BCUT2D eigenvalue weighted by atomic mass is 16.5. The summed E-state index contributed by atoms with van der Waals surface area (Å²) in [5.41, 5.74) is 3.10. The molecule has 2 aromatic rings. The fourth-order valence-corrected chi connectivity index (χ4v) is 3.66. The summed E-state index contributed by atoms with van der Waals surface area (Å²) in [4.78, 5) is 51.4. The van der Waals surface area contributed by atoms with Crippen molar-refractivity contribution in [1.29, 1.82) is 0 Å². The quantitative estimate of drug-likeness (QED) is 0.605. The van der Waals surface area contributed by atoms with Crippen molar-refractivity contribution < 1.29 is 24.2 Å². The molecule has 2 aliphatic heterocycles. The molecule has 2 aliphatic rings. The van der Waals surface area contributed by atoms with Gasteiger partial charge in [-0.15, -0.1) is 0 Å². The Kier molecular flexibility index (Phi) is 5.00. The molecule has 0 bridgehead atoms. The van der Waals surface area contributed by atoms with Crippen molar-refractivity contribution in [2.75, 3.05) is 6.61 Å². The van der Waals surface area contributed by atoms with Crippen molar-refractivity contribution in [1.82, 2.24) is 20.3 Å². The van der Waals surface area contributed by atoms with Crippen LogP contribution in [0.4, 0.5) is 0 Å². The summed E-state index contributed by atoms with van der Waals surface area (Å²) < 4.78 is 6.98. The second kappa shape index (κ2) is 7.64. The first-order chi connectivity index (χ1) is 14.4. The lowest BCUT2D eigenvalue weighted by atomic mass is 10.1. The molecule has 10 heteroatoms. The van der Waals surface area contributed by atoms with Crippen LogP contribution in [0.25, 0.3) is 0 Å². The summed E-state index contributed by atoms with van der Waals surface area (Å²) in [6, 6.07) is 8.09. The smallest absolute Gasteiger partial charge is 0.276 e. The van der Waals surface area contributed by atoms with Crippen molar-refractivity contribution in [3.63, 3.8) is 0 Å². The van der Waals surface area contributed by atoms with Gasteiger partial charge in [0.1, 0.15) is 5.56 Å². The Balaban J connectivity index is 1.59. The van der Waals surface area contributed by atoms with Crippen LogP contribution >= 0.6 is 0 Å². The van der Waals surface area contributed by atoms with Crippen LogP contribution in [-0.2, 0) is 11.3 Å². The van der Waals surface area contributed by atoms with Crippen LogP contribution in [0.2, 0.25) is 0 Å². The van der Waals surface area contributed by atoms with E-state index in [1.165, 1.54) is 15.7 Å². The Morgan fingerprint density at radius 1 is 1.13 bits per heavy atom. The zero-order chi connectivity index (χ0) is 21.4. The molecule has 3 heterocycles. The van der Waals surface area contributed by atoms with Gasteiger partial charge in [0.05, 0.1) is 13.2 Å². The van der Waals surface area contributed by atoms with Crippen molar-refractivity contribution in [2.24, 2.45) is 0 Å². The Morgan fingerprint density at radius 3 is 2.57 bits per heavy atom. The van der Waals surface area contributed by atoms with Gasteiger partial charge in [-0.1, -0.05) is 18.2 Å². The lowest BCUT2D eigenvalue weighted by molar-refractivity contribution is -0.112. The number of fused-ring (bicyclic) bond motifs is 2. The standard InChI is InChI=1S/C20H20N4O6/c1-11-7-8-30-14-10-23-9-13(16(25)17(26)15(23)20(29)24(11)14)19(28)22-21-18(27)12-5-3-2-4-6-12/h2-6,9,11,14,26H,7-8,10H2,1H3,(H,21,27)(H,22,28)/t11-,14?/m1/s1. The van der Waals surface area contributed by atoms with Crippen LogP contribution < -0.4 is 16.3 Å². The normalized spacial score (nSPS) is 20.2. The maximum absolute atomic E-state index is 12.9. The number of ether oxygens (including phenoxy) is 1. The number of hydrogen-bond acceptors (Lipinski definition) is 6. The van der Waals surface area contributed by atoms with Crippen LogP contribution in [0.3, 0.4) is 0 Å². The SMILES string of the molecule is C[C@@H]1CCOC2Cn3cc(C(=O)NNC(=O)c4ccccc4)c(=O)c(O)c3C(=O)N21. The van der Waals surface area contributed by atoms with Gasteiger partial charge in [0.15, 0.2) is 17.7 Å². The van der Waals surface area contributed by atoms with E-state index in [0.717, 1.165) is 0 Å². The van der Waals surface area contributed by atoms with Gasteiger partial charge in [-0.25, -0.2) is 0 Å². The zero-order valence-electron chi connectivity index (χ0n) is 16.1. The molecule has 0 radical (unpaired) electrons. The van der Waals surface area contributed by atoms with Gasteiger partial charge >= 0.3 is 0 Å². The summed E-state index contributed by atoms with van der Waals surface area (Å²) >= 11 is 0. The highest BCUT2D eigenvalue weighted by molar-refractivity contribution is 6.01. The van der Waals surface area contributed by atoms with E-state index in [2.05, 4.69) is 10.9 Å². The summed E-state index contributed by atoms with van der Waals surface area (Å²) in [6.45, 7) is 2.52. The third kappa shape index (κ3) is 3.30. The van der Waals surface area contributed by atoms with E-state index in [9.17, 15) is 24.3 Å². The number of nitrogens with zero attached hydrogens (tertiary/aromatic N) is 2. The minimum absolute atomic E-state index is 0.101. The fraction of sp³-hybridized carbons (Fsp3) is 0.300. The molecule has 10 nitrogen and oxygen atoms in total. The number of hydrazine groups is 1. The summed E-state index contributed by atoms with van der Waals surface area (Å²) in [6.07, 6.45) is 1.29. The molecule has 30 heavy (non-hydrogen) atoms. The van der Waals surface area contributed by atoms with Gasteiger partial charge in [0, 0.05) is 17.8 Å². The number of carbonyl (C=O) groups excluding carboxylic acids is 3. The third-order valence-corrected chi connectivity index (χ3v) is 5.25. The molecule has 3 N–H and O–H groups in total. The van der Waals surface area contributed by atoms with Gasteiger partial charge < -0.3 is 19.3 Å². The molecular weight excluding hydrogens is 392 g/mol.